The number of allylic oxidation sites excluding steroid dienone is 10. The fourth-order valence-corrected chi connectivity index (χ4v) is 2.76. The van der Waals surface area contributed by atoms with Crippen molar-refractivity contribution < 1.29 is 34.1 Å². The van der Waals surface area contributed by atoms with Gasteiger partial charge in [-0.25, -0.2) is 0 Å². The van der Waals surface area contributed by atoms with Crippen LogP contribution < -0.4 is 5.73 Å². The molecule has 36 heavy (non-hydrogen) atoms. The van der Waals surface area contributed by atoms with Crippen molar-refractivity contribution in [2.24, 2.45) is 5.73 Å². The first-order valence-corrected chi connectivity index (χ1v) is 12.2. The van der Waals surface area contributed by atoms with Gasteiger partial charge in [0.25, 0.3) is 6.47 Å². The maximum Gasteiger partial charge on any atom is 0.303 e. The Kier molecular flexibility index (Phi) is 21.6. The lowest BCUT2D eigenvalue weighted by Crippen LogP contribution is -2.39. The van der Waals surface area contributed by atoms with Gasteiger partial charge in [-0.05, 0) is 32.1 Å². The molecule has 0 heterocycles. The topological polar surface area (TPSA) is 136 Å². The molecule has 3 unspecified atom stereocenters. The van der Waals surface area contributed by atoms with Crippen LogP contribution in [-0.2, 0) is 23.9 Å². The zero-order valence-electron chi connectivity index (χ0n) is 21.1. The van der Waals surface area contributed by atoms with Gasteiger partial charge >= 0.3 is 5.97 Å². The number of aliphatic carboxylic acids is 1. The predicted octanol–water partition coefficient (Wildman–Crippen LogP) is 3.97. The molecule has 4 N–H and O–H groups in total. The second-order valence-corrected chi connectivity index (χ2v) is 7.82. The van der Waals surface area contributed by atoms with Crippen molar-refractivity contribution in [3.63, 3.8) is 0 Å². The fraction of sp³-hybridized carbons (Fsp3) is 0.464. The Bertz CT molecular complexity index is 781. The lowest BCUT2D eigenvalue weighted by molar-refractivity contribution is -0.137. The third-order valence-corrected chi connectivity index (χ3v) is 4.75. The number of ether oxygens (including phenoxy) is 2. The highest BCUT2D eigenvalue weighted by Crippen LogP contribution is 2.09. The summed E-state index contributed by atoms with van der Waals surface area (Å²) in [6.07, 6.45) is 24.9. The minimum absolute atomic E-state index is 0.0132. The predicted molar refractivity (Wildman–Crippen MR) is 141 cm³/mol. The van der Waals surface area contributed by atoms with Gasteiger partial charge in [-0.1, -0.05) is 79.8 Å². The molecule has 0 spiro atoms. The van der Waals surface area contributed by atoms with Crippen LogP contribution in [0.3, 0.4) is 0 Å². The molecule has 0 aromatic carbocycles. The Labute approximate surface area is 214 Å². The number of aliphatic hydroxyl groups is 1. The van der Waals surface area contributed by atoms with Gasteiger partial charge in [0.2, 0.25) is 0 Å². The molecule has 3 atom stereocenters. The highest BCUT2D eigenvalue weighted by molar-refractivity contribution is 5.84. The van der Waals surface area contributed by atoms with E-state index in [0.29, 0.717) is 12.8 Å². The van der Waals surface area contributed by atoms with Crippen molar-refractivity contribution in [3.05, 3.63) is 72.9 Å². The summed E-state index contributed by atoms with van der Waals surface area (Å²) in [7, 11) is 0. The molecule has 0 bridgehead atoms. The van der Waals surface area contributed by atoms with Crippen LogP contribution in [0.1, 0.15) is 51.9 Å². The fourth-order valence-electron chi connectivity index (χ4n) is 2.76. The van der Waals surface area contributed by atoms with Gasteiger partial charge in [0.1, 0.15) is 6.10 Å². The smallest absolute Gasteiger partial charge is 0.303 e. The molecule has 0 aromatic heterocycles. The minimum atomic E-state index is -0.874. The van der Waals surface area contributed by atoms with Crippen LogP contribution in [0.5, 0.6) is 0 Å². The van der Waals surface area contributed by atoms with E-state index in [1.54, 1.807) is 12.2 Å². The molecule has 0 rings (SSSR count). The van der Waals surface area contributed by atoms with Crippen molar-refractivity contribution in [1.82, 2.24) is 0 Å². The summed E-state index contributed by atoms with van der Waals surface area (Å²) >= 11 is 0. The second-order valence-electron chi connectivity index (χ2n) is 7.82. The number of carbonyl (C=O) groups excluding carboxylic acids is 2. The molecule has 0 amide bonds. The van der Waals surface area contributed by atoms with Crippen molar-refractivity contribution in [2.75, 3.05) is 13.2 Å². The first kappa shape index (κ1) is 32.9. The average Bonchev–Trinajstić information content (AvgIpc) is 2.85. The Hall–Kier alpha value is -3.07. The maximum atomic E-state index is 12.0. The van der Waals surface area contributed by atoms with Gasteiger partial charge in [0.05, 0.1) is 25.4 Å². The molecular weight excluding hydrogens is 462 g/mol. The molecule has 0 saturated heterocycles. The zero-order chi connectivity index (χ0) is 26.9. The monoisotopic (exact) mass is 503 g/mol. The van der Waals surface area contributed by atoms with E-state index in [2.05, 4.69) is 4.74 Å². The zero-order valence-corrected chi connectivity index (χ0v) is 21.1. The number of aliphatic hydroxyl groups excluding tert-OH is 1. The Balaban J connectivity index is 4.60. The SMILES string of the molecule is CC/C=C\CC(O)C(/C=C/C=C/C=C\C/C=C\C/C=C\CCC(=O)O)OCC(N)C(=O)CCOC=O. The molecule has 8 nitrogen and oxygen atoms in total. The number of nitrogens with two attached hydrogens (primary N) is 1. The summed E-state index contributed by atoms with van der Waals surface area (Å²) in [6.45, 7) is 2.20. The lowest BCUT2D eigenvalue weighted by Gasteiger charge is -2.21. The van der Waals surface area contributed by atoms with E-state index in [0.717, 1.165) is 19.3 Å². The Morgan fingerprint density at radius 1 is 0.917 bits per heavy atom. The van der Waals surface area contributed by atoms with Crippen LogP contribution in [0.15, 0.2) is 72.9 Å². The van der Waals surface area contributed by atoms with E-state index in [1.807, 2.05) is 67.7 Å². The molecule has 0 aliphatic rings. The van der Waals surface area contributed by atoms with Crippen LogP contribution in [0, 0.1) is 0 Å². The number of carbonyl (C=O) groups is 3. The highest BCUT2D eigenvalue weighted by Gasteiger charge is 2.20. The standard InChI is InChI=1S/C28H41NO7/c1-2-3-14-17-26(32)27(36-22-24(29)25(31)20-21-35-23-30)18-15-12-10-8-6-4-5-7-9-11-13-16-19-28(33)34/h3,5-8,10-15,18,23-24,26-27,32H,2,4,9,16-17,19-22,29H2,1H3,(H,33,34)/b7-5-,8-6-,12-10+,13-11-,14-3-,18-15+. The Morgan fingerprint density at radius 2 is 1.61 bits per heavy atom. The van der Waals surface area contributed by atoms with Gasteiger partial charge in [-0.15, -0.1) is 0 Å². The quantitative estimate of drug-likeness (QED) is 0.0874. The van der Waals surface area contributed by atoms with Crippen molar-refractivity contribution >= 4 is 18.2 Å². The summed E-state index contributed by atoms with van der Waals surface area (Å²) in [6, 6.07) is -0.874. The summed E-state index contributed by atoms with van der Waals surface area (Å²) in [5.41, 5.74) is 5.86. The van der Waals surface area contributed by atoms with Crippen LogP contribution >= 0.6 is 0 Å². The molecule has 0 aliphatic carbocycles. The van der Waals surface area contributed by atoms with Crippen molar-refractivity contribution in [3.8, 4) is 0 Å². The summed E-state index contributed by atoms with van der Waals surface area (Å²) in [5.74, 6) is -1.07. The highest BCUT2D eigenvalue weighted by atomic mass is 16.5. The number of hydrogen-bond acceptors (Lipinski definition) is 7. The van der Waals surface area contributed by atoms with E-state index in [9.17, 15) is 19.5 Å². The van der Waals surface area contributed by atoms with E-state index in [-0.39, 0.29) is 38.3 Å². The average molecular weight is 504 g/mol. The molecule has 0 radical (unpaired) electrons. The normalized spacial score (nSPS) is 15.1. The molecule has 0 fully saturated rings. The largest absolute Gasteiger partial charge is 0.481 e. The lowest BCUT2D eigenvalue weighted by atomic mass is 10.1. The molecule has 0 aliphatic heterocycles. The van der Waals surface area contributed by atoms with Crippen LogP contribution in [-0.4, -0.2) is 59.9 Å². The number of rotatable bonds is 22. The van der Waals surface area contributed by atoms with E-state index >= 15 is 0 Å². The molecule has 8 heteroatoms. The van der Waals surface area contributed by atoms with Gasteiger partial charge in [0.15, 0.2) is 5.78 Å². The van der Waals surface area contributed by atoms with Crippen molar-refractivity contribution in [1.29, 1.82) is 0 Å². The Morgan fingerprint density at radius 3 is 2.31 bits per heavy atom. The second kappa shape index (κ2) is 23.7. The maximum absolute atomic E-state index is 12.0. The van der Waals surface area contributed by atoms with Gasteiger partial charge in [0, 0.05) is 12.8 Å². The molecule has 0 saturated carbocycles. The number of carboxylic acids is 1. The number of carboxylic acid groups (broad SMARTS) is 1. The number of hydrogen-bond donors (Lipinski definition) is 3. The summed E-state index contributed by atoms with van der Waals surface area (Å²) in [4.78, 5) is 32.6. The van der Waals surface area contributed by atoms with Gasteiger partial charge in [-0.2, -0.15) is 0 Å². The van der Waals surface area contributed by atoms with E-state index in [1.165, 1.54) is 0 Å². The number of ketones is 1. The number of Topliss-reactive ketones (excluding diaryl/α,β-unsaturated/α-hetero) is 1. The van der Waals surface area contributed by atoms with Crippen LogP contribution in [0.25, 0.3) is 0 Å². The minimum Gasteiger partial charge on any atom is -0.481 e. The van der Waals surface area contributed by atoms with E-state index < -0.39 is 24.2 Å². The van der Waals surface area contributed by atoms with Crippen LogP contribution in [0.4, 0.5) is 0 Å². The third kappa shape index (κ3) is 20.3. The molecular formula is C28H41NO7. The first-order chi connectivity index (χ1) is 17.4. The summed E-state index contributed by atoms with van der Waals surface area (Å²) in [5, 5.41) is 19.0. The molecule has 200 valence electrons. The van der Waals surface area contributed by atoms with Gasteiger partial charge in [-0.3, -0.25) is 14.4 Å². The van der Waals surface area contributed by atoms with Crippen molar-refractivity contribution in [2.45, 2.75) is 70.1 Å². The van der Waals surface area contributed by atoms with Crippen LogP contribution in [0.2, 0.25) is 0 Å². The third-order valence-electron chi connectivity index (χ3n) is 4.75. The summed E-state index contributed by atoms with van der Waals surface area (Å²) < 4.78 is 10.2. The first-order valence-electron chi connectivity index (χ1n) is 12.2. The van der Waals surface area contributed by atoms with Gasteiger partial charge < -0.3 is 25.4 Å². The molecule has 0 aromatic rings. The van der Waals surface area contributed by atoms with E-state index in [4.69, 9.17) is 15.6 Å².